The normalized spacial score (nSPS) is 11.3. The highest BCUT2D eigenvalue weighted by molar-refractivity contribution is 5.79. The van der Waals surface area contributed by atoms with Crippen LogP contribution in [0.1, 0.15) is 29.2 Å². The summed E-state index contributed by atoms with van der Waals surface area (Å²) in [6.45, 7) is 6.84. The largest absolute Gasteiger partial charge is 0.496 e. The van der Waals surface area contributed by atoms with E-state index in [0.29, 0.717) is 13.1 Å². The zero-order valence-electron chi connectivity index (χ0n) is 19.1. The second kappa shape index (κ2) is 11.7. The van der Waals surface area contributed by atoms with E-state index < -0.39 is 0 Å². The van der Waals surface area contributed by atoms with Gasteiger partial charge in [0.05, 0.1) is 20.2 Å². The van der Waals surface area contributed by atoms with Crippen LogP contribution in [0.3, 0.4) is 0 Å². The van der Waals surface area contributed by atoms with Gasteiger partial charge in [0.15, 0.2) is 5.96 Å². The Bertz CT molecular complexity index is 1090. The Morgan fingerprint density at radius 3 is 2.53 bits per heavy atom. The molecule has 0 aliphatic heterocycles. The molecule has 0 aliphatic rings. The summed E-state index contributed by atoms with van der Waals surface area (Å²) < 4.78 is 7.17. The van der Waals surface area contributed by atoms with Gasteiger partial charge in [0.2, 0.25) is 0 Å². The van der Waals surface area contributed by atoms with Gasteiger partial charge in [-0.1, -0.05) is 48.0 Å². The zero-order chi connectivity index (χ0) is 22.8. The van der Waals surface area contributed by atoms with Crippen molar-refractivity contribution in [2.75, 3.05) is 20.2 Å². The highest BCUT2D eigenvalue weighted by atomic mass is 16.5. The fraction of sp³-hybridized carbons (Fsp3) is 0.308. The van der Waals surface area contributed by atoms with E-state index in [-0.39, 0.29) is 5.56 Å². The van der Waals surface area contributed by atoms with Crippen LogP contribution in [-0.4, -0.2) is 30.7 Å². The average molecular weight is 433 g/mol. The molecule has 3 rings (SSSR count). The van der Waals surface area contributed by atoms with Crippen molar-refractivity contribution in [1.29, 1.82) is 0 Å². The first kappa shape index (κ1) is 23.1. The van der Waals surface area contributed by atoms with Gasteiger partial charge >= 0.3 is 0 Å². The maximum atomic E-state index is 11.9. The number of hydrogen-bond acceptors (Lipinski definition) is 3. The van der Waals surface area contributed by atoms with E-state index in [2.05, 4.69) is 60.9 Å². The van der Waals surface area contributed by atoms with Gasteiger partial charge in [0, 0.05) is 25.4 Å². The van der Waals surface area contributed by atoms with Gasteiger partial charge in [0.1, 0.15) is 5.75 Å². The molecule has 0 unspecified atom stereocenters. The summed E-state index contributed by atoms with van der Waals surface area (Å²) in [6, 6.07) is 19.7. The van der Waals surface area contributed by atoms with Crippen LogP contribution in [0.5, 0.6) is 5.75 Å². The second-order valence-corrected chi connectivity index (χ2v) is 7.67. The maximum Gasteiger partial charge on any atom is 0.250 e. The van der Waals surface area contributed by atoms with Gasteiger partial charge < -0.3 is 19.9 Å². The third-order valence-corrected chi connectivity index (χ3v) is 5.16. The Morgan fingerprint density at radius 1 is 1.03 bits per heavy atom. The summed E-state index contributed by atoms with van der Waals surface area (Å²) in [5, 5.41) is 6.70. The number of guanidine groups is 1. The minimum atomic E-state index is 0.00539. The Kier molecular flexibility index (Phi) is 8.49. The predicted octanol–water partition coefficient (Wildman–Crippen LogP) is 3.51. The molecule has 2 aromatic carbocycles. The lowest BCUT2D eigenvalue weighted by Crippen LogP contribution is -2.38. The quantitative estimate of drug-likeness (QED) is 0.401. The van der Waals surface area contributed by atoms with Crippen LogP contribution < -0.4 is 20.9 Å². The van der Waals surface area contributed by atoms with Crippen LogP contribution in [0.25, 0.3) is 0 Å². The first-order valence-electron chi connectivity index (χ1n) is 11.0. The van der Waals surface area contributed by atoms with Crippen molar-refractivity contribution in [2.45, 2.75) is 33.4 Å². The molecule has 1 aromatic heterocycles. The second-order valence-electron chi connectivity index (χ2n) is 7.67. The number of aryl methyl sites for hydroxylation is 1. The predicted molar refractivity (Wildman–Crippen MR) is 130 cm³/mol. The van der Waals surface area contributed by atoms with Crippen molar-refractivity contribution >= 4 is 5.96 Å². The summed E-state index contributed by atoms with van der Waals surface area (Å²) in [5.74, 6) is 1.70. The standard InChI is InChI=1S/C26H32N4O2/c1-4-27-26(28-15-14-23-17-20(2)8-13-24(23)32-3)29-18-21-9-11-22(12-10-21)19-30-16-6-5-7-25(30)31/h5-13,16-17H,4,14-15,18-19H2,1-3H3,(H2,27,28,29). The van der Waals surface area contributed by atoms with Crippen LogP contribution in [0.2, 0.25) is 0 Å². The Hall–Kier alpha value is -3.54. The summed E-state index contributed by atoms with van der Waals surface area (Å²) >= 11 is 0. The van der Waals surface area contributed by atoms with Crippen molar-refractivity contribution in [3.8, 4) is 5.75 Å². The monoisotopic (exact) mass is 432 g/mol. The number of rotatable bonds is 9. The molecule has 0 bridgehead atoms. The lowest BCUT2D eigenvalue weighted by atomic mass is 10.1. The Balaban J connectivity index is 1.57. The van der Waals surface area contributed by atoms with Crippen LogP contribution in [0, 0.1) is 6.92 Å². The minimum Gasteiger partial charge on any atom is -0.496 e. The van der Waals surface area contributed by atoms with E-state index in [1.54, 1.807) is 30.0 Å². The van der Waals surface area contributed by atoms with Gasteiger partial charge in [-0.2, -0.15) is 0 Å². The lowest BCUT2D eigenvalue weighted by Gasteiger charge is -2.13. The molecular weight excluding hydrogens is 400 g/mol. The molecule has 32 heavy (non-hydrogen) atoms. The molecule has 0 atom stereocenters. The Labute approximate surface area is 190 Å². The number of aromatic nitrogens is 1. The minimum absolute atomic E-state index is 0.00539. The number of aliphatic imine (C=N–C) groups is 1. The number of pyridine rings is 1. The number of nitrogens with one attached hydrogen (secondary N) is 2. The van der Waals surface area contributed by atoms with E-state index in [1.807, 2.05) is 12.1 Å². The van der Waals surface area contributed by atoms with Crippen molar-refractivity contribution in [1.82, 2.24) is 15.2 Å². The molecule has 0 saturated heterocycles. The fourth-order valence-electron chi connectivity index (χ4n) is 3.47. The average Bonchev–Trinajstić information content (AvgIpc) is 2.80. The van der Waals surface area contributed by atoms with Crippen molar-refractivity contribution in [2.24, 2.45) is 4.99 Å². The number of hydrogen-bond donors (Lipinski definition) is 2. The molecule has 2 N–H and O–H groups in total. The van der Waals surface area contributed by atoms with Gasteiger partial charge in [-0.05, 0) is 49.1 Å². The molecule has 0 spiro atoms. The molecule has 6 heteroatoms. The maximum absolute atomic E-state index is 11.9. The SMILES string of the molecule is CCNC(=NCc1ccc(Cn2ccccc2=O)cc1)NCCc1cc(C)ccc1OC. The van der Waals surface area contributed by atoms with Crippen LogP contribution in [0.15, 0.2) is 76.6 Å². The van der Waals surface area contributed by atoms with Gasteiger partial charge in [0.25, 0.3) is 5.56 Å². The summed E-state index contributed by atoms with van der Waals surface area (Å²) in [6.07, 6.45) is 2.66. The molecule has 168 valence electrons. The first-order chi connectivity index (χ1) is 15.6. The van der Waals surface area contributed by atoms with Crippen molar-refractivity contribution < 1.29 is 4.74 Å². The molecule has 3 aromatic rings. The zero-order valence-corrected chi connectivity index (χ0v) is 19.1. The lowest BCUT2D eigenvalue weighted by molar-refractivity contribution is 0.409. The molecule has 6 nitrogen and oxygen atoms in total. The highest BCUT2D eigenvalue weighted by Crippen LogP contribution is 2.19. The van der Waals surface area contributed by atoms with Gasteiger partial charge in [-0.25, -0.2) is 4.99 Å². The number of methoxy groups -OCH3 is 1. The third-order valence-electron chi connectivity index (χ3n) is 5.16. The topological polar surface area (TPSA) is 67.7 Å². The highest BCUT2D eigenvalue weighted by Gasteiger charge is 2.04. The summed E-state index contributed by atoms with van der Waals surface area (Å²) in [5.41, 5.74) is 4.62. The van der Waals surface area contributed by atoms with Crippen molar-refractivity contribution in [3.05, 3.63) is 99.5 Å². The molecule has 1 heterocycles. The van der Waals surface area contributed by atoms with E-state index in [9.17, 15) is 4.79 Å². The molecular formula is C26H32N4O2. The van der Waals surface area contributed by atoms with Gasteiger partial charge in [-0.15, -0.1) is 0 Å². The van der Waals surface area contributed by atoms with Crippen LogP contribution >= 0.6 is 0 Å². The first-order valence-corrected chi connectivity index (χ1v) is 11.0. The van der Waals surface area contributed by atoms with E-state index >= 15 is 0 Å². The van der Waals surface area contributed by atoms with Crippen LogP contribution in [0.4, 0.5) is 0 Å². The van der Waals surface area contributed by atoms with Crippen LogP contribution in [-0.2, 0) is 19.5 Å². The summed E-state index contributed by atoms with van der Waals surface area (Å²) in [7, 11) is 1.70. The molecule has 0 aliphatic carbocycles. The Morgan fingerprint density at radius 2 is 1.81 bits per heavy atom. The fourth-order valence-corrected chi connectivity index (χ4v) is 3.47. The molecule has 0 amide bonds. The molecule has 0 saturated carbocycles. The van der Waals surface area contributed by atoms with Crippen molar-refractivity contribution in [3.63, 3.8) is 0 Å². The van der Waals surface area contributed by atoms with E-state index in [4.69, 9.17) is 9.73 Å². The van der Waals surface area contributed by atoms with E-state index in [0.717, 1.165) is 42.3 Å². The molecule has 0 radical (unpaired) electrons. The smallest absolute Gasteiger partial charge is 0.250 e. The summed E-state index contributed by atoms with van der Waals surface area (Å²) in [4.78, 5) is 16.6. The van der Waals surface area contributed by atoms with E-state index in [1.165, 1.54) is 11.1 Å². The van der Waals surface area contributed by atoms with Gasteiger partial charge in [-0.3, -0.25) is 4.79 Å². The number of benzene rings is 2. The molecule has 0 fully saturated rings. The number of ether oxygens (including phenoxy) is 1. The third kappa shape index (κ3) is 6.74. The number of nitrogens with zero attached hydrogens (tertiary/aromatic N) is 2.